The number of urea groups is 1. The number of carbonyl (C=O) groups is 3. The van der Waals surface area contributed by atoms with Crippen molar-refractivity contribution in [1.82, 2.24) is 10.2 Å². The van der Waals surface area contributed by atoms with Crippen LogP contribution in [-0.4, -0.2) is 49.7 Å². The van der Waals surface area contributed by atoms with Crippen molar-refractivity contribution in [1.29, 1.82) is 0 Å². The lowest BCUT2D eigenvalue weighted by molar-refractivity contribution is -0.136. The van der Waals surface area contributed by atoms with Crippen molar-refractivity contribution in [3.8, 4) is 11.5 Å². The van der Waals surface area contributed by atoms with E-state index in [9.17, 15) is 14.4 Å². The molecule has 4 rings (SSSR count). The Hall–Kier alpha value is -4.01. The lowest BCUT2D eigenvalue weighted by Gasteiger charge is -2.33. The third-order valence-electron chi connectivity index (χ3n) is 5.46. The van der Waals surface area contributed by atoms with Gasteiger partial charge < -0.3 is 24.8 Å². The van der Waals surface area contributed by atoms with Crippen molar-refractivity contribution in [2.24, 2.45) is 0 Å². The molecule has 0 saturated carbocycles. The summed E-state index contributed by atoms with van der Waals surface area (Å²) >= 11 is 0. The molecule has 2 aliphatic rings. The van der Waals surface area contributed by atoms with E-state index in [4.69, 9.17) is 14.2 Å². The number of cyclic esters (lactones) is 1. The van der Waals surface area contributed by atoms with Crippen LogP contribution < -0.4 is 20.1 Å². The van der Waals surface area contributed by atoms with Crippen molar-refractivity contribution in [2.45, 2.75) is 19.9 Å². The lowest BCUT2D eigenvalue weighted by atomic mass is 9.95. The average Bonchev–Trinajstić information content (AvgIpc) is 3.18. The summed E-state index contributed by atoms with van der Waals surface area (Å²) in [5.74, 6) is 0.0963. The molecule has 3 amide bonds. The number of nitrogens with one attached hydrogen (secondary N) is 2. The molecule has 2 N–H and O–H groups in total. The zero-order valence-electron chi connectivity index (χ0n) is 18.6. The van der Waals surface area contributed by atoms with Gasteiger partial charge in [-0.1, -0.05) is 24.3 Å². The van der Waals surface area contributed by atoms with Gasteiger partial charge >= 0.3 is 12.0 Å². The predicted molar refractivity (Wildman–Crippen MR) is 120 cm³/mol. The molecule has 0 aliphatic carbocycles. The molecule has 172 valence electrons. The fourth-order valence-electron chi connectivity index (χ4n) is 3.97. The number of benzene rings is 2. The number of aryl methyl sites for hydroxylation is 1. The predicted octanol–water partition coefficient (Wildman–Crippen LogP) is 2.92. The number of anilines is 1. The van der Waals surface area contributed by atoms with E-state index in [2.05, 4.69) is 10.6 Å². The average molecular weight is 451 g/mol. The van der Waals surface area contributed by atoms with Gasteiger partial charge in [-0.15, -0.1) is 0 Å². The van der Waals surface area contributed by atoms with Crippen molar-refractivity contribution >= 4 is 23.6 Å². The van der Waals surface area contributed by atoms with Crippen LogP contribution in [0.25, 0.3) is 0 Å². The van der Waals surface area contributed by atoms with Crippen LogP contribution in [0, 0.1) is 6.92 Å². The molecule has 0 saturated heterocycles. The molecule has 1 atom stereocenters. The number of carbonyl (C=O) groups excluding carboxylic acids is 3. The Morgan fingerprint density at radius 2 is 2.00 bits per heavy atom. The highest BCUT2D eigenvalue weighted by atomic mass is 16.5. The minimum absolute atomic E-state index is 0.0874. The molecule has 9 nitrogen and oxygen atoms in total. The summed E-state index contributed by atoms with van der Waals surface area (Å²) in [6.07, 6.45) is 0. The number of rotatable bonds is 7. The number of nitrogens with zero attached hydrogens (tertiary/aromatic N) is 1. The molecular formula is C24H25N3O6. The summed E-state index contributed by atoms with van der Waals surface area (Å²) in [4.78, 5) is 39.7. The molecule has 0 aromatic heterocycles. The molecule has 0 unspecified atom stereocenters. The molecule has 0 spiro atoms. The third kappa shape index (κ3) is 4.34. The molecule has 2 aliphatic heterocycles. The molecule has 0 radical (unpaired) electrons. The highest BCUT2D eigenvalue weighted by molar-refractivity contribution is 6.00. The highest BCUT2D eigenvalue weighted by Crippen LogP contribution is 2.38. The quantitative estimate of drug-likeness (QED) is 0.627. The van der Waals surface area contributed by atoms with Crippen LogP contribution in [-0.2, 0) is 14.3 Å². The van der Waals surface area contributed by atoms with E-state index < -0.39 is 23.9 Å². The SMILES string of the molecule is CCOc1ccccc1[C@@H]1NC(=O)N(CC(=O)Nc2cc(C)ccc2OC)C2=C1C(=O)OC2. The van der Waals surface area contributed by atoms with E-state index in [1.807, 2.05) is 26.0 Å². The van der Waals surface area contributed by atoms with Crippen LogP contribution in [0.2, 0.25) is 0 Å². The Bertz CT molecular complexity index is 1140. The van der Waals surface area contributed by atoms with Crippen LogP contribution in [0.15, 0.2) is 53.7 Å². The maximum Gasteiger partial charge on any atom is 0.338 e. The van der Waals surface area contributed by atoms with E-state index in [1.54, 1.807) is 30.3 Å². The van der Waals surface area contributed by atoms with E-state index in [0.717, 1.165) is 5.56 Å². The first kappa shape index (κ1) is 22.2. The summed E-state index contributed by atoms with van der Waals surface area (Å²) in [6.45, 7) is 3.80. The van der Waals surface area contributed by atoms with Crippen molar-refractivity contribution < 1.29 is 28.6 Å². The van der Waals surface area contributed by atoms with Crippen molar-refractivity contribution in [3.05, 3.63) is 64.9 Å². The molecule has 0 bridgehead atoms. The number of esters is 1. The number of amides is 3. The van der Waals surface area contributed by atoms with E-state index in [-0.39, 0.29) is 13.2 Å². The van der Waals surface area contributed by atoms with Gasteiger partial charge in [-0.2, -0.15) is 0 Å². The Kier molecular flexibility index (Phi) is 6.21. The molecule has 2 aromatic rings. The molecule has 33 heavy (non-hydrogen) atoms. The molecule has 9 heteroatoms. The minimum Gasteiger partial charge on any atom is -0.495 e. The molecular weight excluding hydrogens is 426 g/mol. The van der Waals surface area contributed by atoms with Gasteiger partial charge in [-0.25, -0.2) is 9.59 Å². The van der Waals surface area contributed by atoms with Gasteiger partial charge in [0.1, 0.15) is 24.7 Å². The molecule has 2 heterocycles. The van der Waals surface area contributed by atoms with Crippen molar-refractivity contribution in [2.75, 3.05) is 32.2 Å². The zero-order valence-corrected chi connectivity index (χ0v) is 18.6. The first-order valence-corrected chi connectivity index (χ1v) is 10.6. The smallest absolute Gasteiger partial charge is 0.338 e. The van der Waals surface area contributed by atoms with Gasteiger partial charge in [0, 0.05) is 5.56 Å². The standard InChI is InChI=1S/C24H25N3O6/c1-4-32-18-8-6-5-7-15(18)22-21-17(13-33-23(21)29)27(24(30)26-22)12-20(28)25-16-11-14(2)9-10-19(16)31-3/h5-11,22H,4,12-13H2,1-3H3,(H,25,28)(H,26,30)/t22-/m0/s1. The van der Waals surface area contributed by atoms with Crippen LogP contribution in [0.4, 0.5) is 10.5 Å². The number of para-hydroxylation sites is 1. The van der Waals surface area contributed by atoms with Gasteiger partial charge in [0.25, 0.3) is 0 Å². The second-order valence-corrected chi connectivity index (χ2v) is 7.63. The van der Waals surface area contributed by atoms with Crippen LogP contribution in [0.1, 0.15) is 24.1 Å². The Morgan fingerprint density at radius 3 is 2.76 bits per heavy atom. The summed E-state index contributed by atoms with van der Waals surface area (Å²) in [5.41, 5.74) is 2.75. The third-order valence-corrected chi connectivity index (χ3v) is 5.46. The Balaban J connectivity index is 1.62. The van der Waals surface area contributed by atoms with E-state index >= 15 is 0 Å². The topological polar surface area (TPSA) is 106 Å². The maximum atomic E-state index is 13.0. The van der Waals surface area contributed by atoms with Gasteiger partial charge in [0.2, 0.25) is 5.91 Å². The normalized spacial score (nSPS) is 17.3. The molecule has 0 fully saturated rings. The van der Waals surface area contributed by atoms with Crippen LogP contribution in [0.3, 0.4) is 0 Å². The number of hydrogen-bond acceptors (Lipinski definition) is 6. The largest absolute Gasteiger partial charge is 0.495 e. The Labute approximate surface area is 191 Å². The van der Waals surface area contributed by atoms with Crippen LogP contribution >= 0.6 is 0 Å². The summed E-state index contributed by atoms with van der Waals surface area (Å²) in [5, 5.41) is 5.60. The molecule has 2 aromatic carbocycles. The summed E-state index contributed by atoms with van der Waals surface area (Å²) in [7, 11) is 1.51. The minimum atomic E-state index is -0.735. The number of ether oxygens (including phenoxy) is 3. The van der Waals surface area contributed by atoms with Gasteiger partial charge in [-0.3, -0.25) is 9.69 Å². The second-order valence-electron chi connectivity index (χ2n) is 7.63. The van der Waals surface area contributed by atoms with Crippen LogP contribution in [0.5, 0.6) is 11.5 Å². The monoisotopic (exact) mass is 451 g/mol. The zero-order chi connectivity index (χ0) is 23.5. The number of methoxy groups -OCH3 is 1. The van der Waals surface area contributed by atoms with Crippen molar-refractivity contribution in [3.63, 3.8) is 0 Å². The van der Waals surface area contributed by atoms with Gasteiger partial charge in [0.05, 0.1) is 36.7 Å². The van der Waals surface area contributed by atoms with E-state index in [1.165, 1.54) is 12.0 Å². The maximum absolute atomic E-state index is 13.0. The summed E-state index contributed by atoms with van der Waals surface area (Å²) < 4.78 is 16.2. The van der Waals surface area contributed by atoms with Gasteiger partial charge in [0.15, 0.2) is 0 Å². The highest BCUT2D eigenvalue weighted by Gasteiger charge is 2.43. The first-order valence-electron chi connectivity index (χ1n) is 10.6. The lowest BCUT2D eigenvalue weighted by Crippen LogP contribution is -2.49. The summed E-state index contributed by atoms with van der Waals surface area (Å²) in [6, 6.07) is 11.3. The van der Waals surface area contributed by atoms with Gasteiger partial charge in [-0.05, 0) is 37.6 Å². The Morgan fingerprint density at radius 1 is 1.21 bits per heavy atom. The fraction of sp³-hybridized carbons (Fsp3) is 0.292. The fourth-order valence-corrected chi connectivity index (χ4v) is 3.97. The first-order chi connectivity index (χ1) is 15.9. The number of hydrogen-bond donors (Lipinski definition) is 2. The second kappa shape index (κ2) is 9.23. The van der Waals surface area contributed by atoms with E-state index in [0.29, 0.717) is 40.6 Å².